The number of carbonyl (C=O) groups is 1. The summed E-state index contributed by atoms with van der Waals surface area (Å²) in [5, 5.41) is 5.15. The van der Waals surface area contributed by atoms with Crippen molar-refractivity contribution in [2.45, 2.75) is 53.0 Å². The Morgan fingerprint density at radius 1 is 1.28 bits per heavy atom. The van der Waals surface area contributed by atoms with Gasteiger partial charge in [0.15, 0.2) is 0 Å². The van der Waals surface area contributed by atoms with E-state index in [4.69, 9.17) is 0 Å². The summed E-state index contributed by atoms with van der Waals surface area (Å²) in [6.45, 7) is 9.22. The van der Waals surface area contributed by atoms with Gasteiger partial charge in [0.05, 0.1) is 4.88 Å². The maximum absolute atomic E-state index is 12.1. The summed E-state index contributed by atoms with van der Waals surface area (Å²) in [6.07, 6.45) is 3.38. The molecule has 1 aromatic heterocycles. The van der Waals surface area contributed by atoms with Crippen molar-refractivity contribution < 1.29 is 4.79 Å². The highest BCUT2D eigenvalue weighted by atomic mass is 32.1. The molecule has 1 aliphatic carbocycles. The van der Waals surface area contributed by atoms with Crippen molar-refractivity contribution in [1.82, 2.24) is 5.32 Å². The summed E-state index contributed by atoms with van der Waals surface area (Å²) in [5.41, 5.74) is 0.629. The van der Waals surface area contributed by atoms with Crippen molar-refractivity contribution >= 4 is 17.2 Å². The molecule has 0 aromatic carbocycles. The number of nitrogens with one attached hydrogen (secondary N) is 1. The molecular formula is C15H23NOS. The van der Waals surface area contributed by atoms with Crippen molar-refractivity contribution in [2.24, 2.45) is 10.8 Å². The van der Waals surface area contributed by atoms with Crippen LogP contribution < -0.4 is 5.32 Å². The van der Waals surface area contributed by atoms with Crippen LogP contribution in [0.3, 0.4) is 0 Å². The molecule has 0 spiro atoms. The Hall–Kier alpha value is -0.830. The van der Waals surface area contributed by atoms with Gasteiger partial charge >= 0.3 is 0 Å². The summed E-state index contributed by atoms with van der Waals surface area (Å²) in [4.78, 5) is 12.9. The van der Waals surface area contributed by atoms with Gasteiger partial charge in [-0.15, -0.1) is 11.3 Å². The minimum absolute atomic E-state index is 0.0866. The SMILES string of the molecule is CC1(C)CC(NC(=O)c2cccs2)CC(C)(C)C1. The van der Waals surface area contributed by atoms with Crippen molar-refractivity contribution in [3.05, 3.63) is 22.4 Å². The smallest absolute Gasteiger partial charge is 0.261 e. The van der Waals surface area contributed by atoms with Crippen molar-refractivity contribution in [1.29, 1.82) is 0 Å². The summed E-state index contributed by atoms with van der Waals surface area (Å²) in [5.74, 6) is 0.0866. The molecule has 0 saturated heterocycles. The van der Waals surface area contributed by atoms with Crippen LogP contribution in [0.4, 0.5) is 0 Å². The highest BCUT2D eigenvalue weighted by molar-refractivity contribution is 7.12. The van der Waals surface area contributed by atoms with Crippen LogP contribution in [0.25, 0.3) is 0 Å². The van der Waals surface area contributed by atoms with Gasteiger partial charge in [-0.1, -0.05) is 33.8 Å². The van der Waals surface area contributed by atoms with E-state index in [1.54, 1.807) is 0 Å². The zero-order valence-corrected chi connectivity index (χ0v) is 12.6. The molecule has 1 fully saturated rings. The number of rotatable bonds is 2. The highest BCUT2D eigenvalue weighted by Crippen LogP contribution is 2.45. The second-order valence-corrected chi connectivity index (χ2v) is 8.01. The van der Waals surface area contributed by atoms with Crippen molar-refractivity contribution in [3.63, 3.8) is 0 Å². The van der Waals surface area contributed by atoms with Crippen LogP contribution in [0.2, 0.25) is 0 Å². The Morgan fingerprint density at radius 2 is 1.89 bits per heavy atom. The molecule has 0 bridgehead atoms. The standard InChI is InChI=1S/C15H23NOS/c1-14(2)8-11(9-15(3,4)10-14)16-13(17)12-6-5-7-18-12/h5-7,11H,8-10H2,1-4H3,(H,16,17). The van der Waals surface area contributed by atoms with Crippen LogP contribution in [-0.2, 0) is 0 Å². The third kappa shape index (κ3) is 3.35. The van der Waals surface area contributed by atoms with Gasteiger partial charge in [-0.3, -0.25) is 4.79 Å². The fraction of sp³-hybridized carbons (Fsp3) is 0.667. The lowest BCUT2D eigenvalue weighted by molar-refractivity contribution is 0.0716. The molecule has 18 heavy (non-hydrogen) atoms. The fourth-order valence-electron chi connectivity index (χ4n) is 3.61. The van der Waals surface area contributed by atoms with E-state index in [0.717, 1.165) is 17.7 Å². The molecule has 0 atom stereocenters. The van der Waals surface area contributed by atoms with E-state index in [2.05, 4.69) is 33.0 Å². The van der Waals surface area contributed by atoms with Gasteiger partial charge in [0.2, 0.25) is 0 Å². The summed E-state index contributed by atoms with van der Waals surface area (Å²) >= 11 is 1.51. The molecule has 1 heterocycles. The van der Waals surface area contributed by atoms with Gasteiger partial charge in [0.1, 0.15) is 0 Å². The summed E-state index contributed by atoms with van der Waals surface area (Å²) in [7, 11) is 0. The normalized spacial score (nSPS) is 22.7. The first-order valence-corrected chi connectivity index (χ1v) is 7.50. The quantitative estimate of drug-likeness (QED) is 0.857. The fourth-order valence-corrected chi connectivity index (χ4v) is 4.24. The number of hydrogen-bond acceptors (Lipinski definition) is 2. The van der Waals surface area contributed by atoms with Crippen LogP contribution in [0.15, 0.2) is 17.5 Å². The molecule has 0 unspecified atom stereocenters. The molecule has 1 saturated carbocycles. The monoisotopic (exact) mass is 265 g/mol. The summed E-state index contributed by atoms with van der Waals surface area (Å²) < 4.78 is 0. The second-order valence-electron chi connectivity index (χ2n) is 7.06. The lowest BCUT2D eigenvalue weighted by Gasteiger charge is -2.45. The number of carbonyl (C=O) groups excluding carboxylic acids is 1. The Morgan fingerprint density at radius 3 is 2.39 bits per heavy atom. The number of thiophene rings is 1. The van der Waals surface area contributed by atoms with Gasteiger partial charge in [0, 0.05) is 6.04 Å². The van der Waals surface area contributed by atoms with Gasteiger partial charge in [-0.05, 0) is 41.5 Å². The topological polar surface area (TPSA) is 29.1 Å². The van der Waals surface area contributed by atoms with Gasteiger partial charge in [-0.25, -0.2) is 0 Å². The largest absolute Gasteiger partial charge is 0.349 e. The molecule has 1 amide bonds. The van der Waals surface area contributed by atoms with Gasteiger partial charge in [-0.2, -0.15) is 0 Å². The lowest BCUT2D eigenvalue weighted by atomic mass is 9.63. The van der Waals surface area contributed by atoms with E-state index >= 15 is 0 Å². The second kappa shape index (κ2) is 4.69. The van der Waals surface area contributed by atoms with Gasteiger partial charge in [0.25, 0.3) is 5.91 Å². The Kier molecular flexibility index (Phi) is 3.54. The third-order valence-corrected chi connectivity index (χ3v) is 4.50. The first kappa shape index (κ1) is 13.6. The maximum atomic E-state index is 12.1. The zero-order valence-electron chi connectivity index (χ0n) is 11.7. The molecule has 0 radical (unpaired) electrons. The minimum Gasteiger partial charge on any atom is -0.349 e. The Labute approximate surface area is 114 Å². The summed E-state index contributed by atoms with van der Waals surface area (Å²) in [6, 6.07) is 4.12. The Bertz CT molecular complexity index is 404. The number of amides is 1. The molecule has 1 N–H and O–H groups in total. The lowest BCUT2D eigenvalue weighted by Crippen LogP contribution is -2.45. The van der Waals surface area contributed by atoms with E-state index in [1.807, 2.05) is 17.5 Å². The molecule has 2 nitrogen and oxygen atoms in total. The van der Waals surface area contributed by atoms with E-state index in [9.17, 15) is 4.79 Å². The first-order chi connectivity index (χ1) is 8.27. The van der Waals surface area contributed by atoms with Crippen LogP contribution in [0, 0.1) is 10.8 Å². The molecule has 100 valence electrons. The minimum atomic E-state index is 0.0866. The van der Waals surface area contributed by atoms with Crippen molar-refractivity contribution in [3.8, 4) is 0 Å². The van der Waals surface area contributed by atoms with Crippen molar-refractivity contribution in [2.75, 3.05) is 0 Å². The predicted octanol–water partition coefficient (Wildman–Crippen LogP) is 4.08. The molecule has 1 aliphatic rings. The van der Waals surface area contributed by atoms with Crippen LogP contribution in [-0.4, -0.2) is 11.9 Å². The molecular weight excluding hydrogens is 242 g/mol. The van der Waals surface area contributed by atoms with Crippen LogP contribution in [0.1, 0.15) is 56.6 Å². The highest BCUT2D eigenvalue weighted by Gasteiger charge is 2.38. The first-order valence-electron chi connectivity index (χ1n) is 6.62. The predicted molar refractivity (Wildman–Crippen MR) is 77.0 cm³/mol. The van der Waals surface area contributed by atoms with E-state index in [-0.39, 0.29) is 5.91 Å². The third-order valence-electron chi connectivity index (χ3n) is 3.64. The van der Waals surface area contributed by atoms with E-state index in [1.165, 1.54) is 17.8 Å². The van der Waals surface area contributed by atoms with E-state index in [0.29, 0.717) is 16.9 Å². The average Bonchev–Trinajstić information content (AvgIpc) is 2.63. The molecule has 2 rings (SSSR count). The molecule has 1 aromatic rings. The average molecular weight is 265 g/mol. The van der Waals surface area contributed by atoms with Crippen LogP contribution >= 0.6 is 11.3 Å². The van der Waals surface area contributed by atoms with Crippen LogP contribution in [0.5, 0.6) is 0 Å². The molecule has 3 heteroatoms. The van der Waals surface area contributed by atoms with E-state index < -0.39 is 0 Å². The number of hydrogen-bond donors (Lipinski definition) is 1. The zero-order chi connectivity index (χ0) is 13.4. The Balaban J connectivity index is 2.03. The maximum Gasteiger partial charge on any atom is 0.261 e. The molecule has 0 aliphatic heterocycles. The van der Waals surface area contributed by atoms with Gasteiger partial charge < -0.3 is 5.32 Å².